The van der Waals surface area contributed by atoms with Crippen molar-refractivity contribution in [3.05, 3.63) is 44.0 Å². The summed E-state index contributed by atoms with van der Waals surface area (Å²) in [5, 5.41) is 18.0. The average molecular weight is 317 g/mol. The van der Waals surface area contributed by atoms with E-state index in [1.807, 2.05) is 0 Å². The number of aryl methyl sites for hydroxylation is 1. The van der Waals surface area contributed by atoms with E-state index in [1.165, 1.54) is 12.1 Å². The molecule has 1 aromatic carbocycles. The Balaban J connectivity index is 2.08. The van der Waals surface area contributed by atoms with Gasteiger partial charge in [0.15, 0.2) is 5.82 Å². The van der Waals surface area contributed by atoms with E-state index in [9.17, 15) is 10.1 Å². The summed E-state index contributed by atoms with van der Waals surface area (Å²) in [6.45, 7) is 2.09. The van der Waals surface area contributed by atoms with Crippen molar-refractivity contribution in [3.63, 3.8) is 0 Å². The summed E-state index contributed by atoms with van der Waals surface area (Å²) in [6, 6.07) is 2.63. The van der Waals surface area contributed by atoms with Crippen LogP contribution in [0, 0.1) is 17.0 Å². The highest BCUT2D eigenvalue weighted by molar-refractivity contribution is 6.42. The van der Waals surface area contributed by atoms with Crippen LogP contribution >= 0.6 is 23.2 Å². The highest BCUT2D eigenvalue weighted by Gasteiger charge is 2.16. The van der Waals surface area contributed by atoms with Gasteiger partial charge < -0.3 is 9.84 Å². The van der Waals surface area contributed by atoms with Gasteiger partial charge in [-0.05, 0) is 6.07 Å². The number of rotatable bonds is 5. The lowest BCUT2D eigenvalue weighted by Crippen LogP contribution is -2.08. The Morgan fingerprint density at radius 3 is 2.70 bits per heavy atom. The van der Waals surface area contributed by atoms with E-state index in [4.69, 9.17) is 27.7 Å². The van der Waals surface area contributed by atoms with E-state index >= 15 is 0 Å². The minimum atomic E-state index is -0.525. The third-order valence-electron chi connectivity index (χ3n) is 2.47. The molecular formula is C11H10Cl2N4O3. The molecule has 2 aromatic rings. The second kappa shape index (κ2) is 6.06. The molecule has 0 aliphatic heterocycles. The van der Waals surface area contributed by atoms with E-state index in [2.05, 4.69) is 15.5 Å². The van der Waals surface area contributed by atoms with Crippen molar-refractivity contribution in [1.29, 1.82) is 0 Å². The summed E-state index contributed by atoms with van der Waals surface area (Å²) in [5.41, 5.74) is 0.160. The minimum absolute atomic E-state index is 0.135. The first-order chi connectivity index (χ1) is 9.47. The average Bonchev–Trinajstić information content (AvgIpc) is 2.79. The molecule has 0 spiro atoms. The van der Waals surface area contributed by atoms with Crippen LogP contribution in [-0.4, -0.2) is 21.6 Å². The van der Waals surface area contributed by atoms with Crippen LogP contribution in [-0.2, 0) is 6.42 Å². The standard InChI is InChI=1S/C11H10Cl2N4O3/c1-6-15-11(16-20-6)2-3-14-9-4-7(12)8(13)5-10(9)17(18)19/h4-5,14H,2-3H2,1H3. The van der Waals surface area contributed by atoms with Gasteiger partial charge in [0.25, 0.3) is 5.69 Å². The first-order valence-corrected chi connectivity index (χ1v) is 6.39. The van der Waals surface area contributed by atoms with E-state index < -0.39 is 4.92 Å². The number of nitrogens with one attached hydrogen (secondary N) is 1. The predicted molar refractivity (Wildman–Crippen MR) is 74.3 cm³/mol. The number of nitro benzene ring substituents is 1. The van der Waals surface area contributed by atoms with E-state index in [1.54, 1.807) is 6.92 Å². The molecule has 0 saturated carbocycles. The van der Waals surface area contributed by atoms with Crippen LogP contribution in [0.25, 0.3) is 0 Å². The fourth-order valence-corrected chi connectivity index (χ4v) is 1.90. The Bertz CT molecular complexity index is 645. The smallest absolute Gasteiger partial charge is 0.293 e. The number of nitrogens with zero attached hydrogens (tertiary/aromatic N) is 3. The molecule has 0 amide bonds. The van der Waals surface area contributed by atoms with Gasteiger partial charge in [-0.2, -0.15) is 4.98 Å². The lowest BCUT2D eigenvalue weighted by atomic mass is 10.2. The van der Waals surface area contributed by atoms with Gasteiger partial charge in [-0.1, -0.05) is 28.4 Å². The Morgan fingerprint density at radius 2 is 2.10 bits per heavy atom. The summed E-state index contributed by atoms with van der Waals surface area (Å²) in [6.07, 6.45) is 0.467. The van der Waals surface area contributed by atoms with Crippen molar-refractivity contribution in [2.45, 2.75) is 13.3 Å². The van der Waals surface area contributed by atoms with Gasteiger partial charge in [-0.25, -0.2) is 0 Å². The molecule has 7 nitrogen and oxygen atoms in total. The number of nitro groups is 1. The SMILES string of the molecule is Cc1nc(CCNc2cc(Cl)c(Cl)cc2[N+](=O)[O-])no1. The third-order valence-corrected chi connectivity index (χ3v) is 3.19. The van der Waals surface area contributed by atoms with Crippen LogP contribution in [0.1, 0.15) is 11.7 Å². The highest BCUT2D eigenvalue weighted by atomic mass is 35.5. The maximum atomic E-state index is 10.9. The maximum absolute atomic E-state index is 10.9. The molecule has 1 aromatic heterocycles. The van der Waals surface area contributed by atoms with Crippen molar-refractivity contribution < 1.29 is 9.45 Å². The lowest BCUT2D eigenvalue weighted by molar-refractivity contribution is -0.383. The number of aromatic nitrogens is 2. The zero-order valence-electron chi connectivity index (χ0n) is 10.4. The molecule has 0 aliphatic rings. The Labute approximate surface area is 124 Å². The quantitative estimate of drug-likeness (QED) is 0.672. The molecule has 2 rings (SSSR count). The summed E-state index contributed by atoms with van der Waals surface area (Å²) in [7, 11) is 0. The molecule has 0 unspecified atom stereocenters. The molecule has 106 valence electrons. The first-order valence-electron chi connectivity index (χ1n) is 5.64. The zero-order valence-corrected chi connectivity index (χ0v) is 11.9. The maximum Gasteiger partial charge on any atom is 0.293 e. The second-order valence-corrected chi connectivity index (χ2v) is 4.76. The van der Waals surface area contributed by atoms with Gasteiger partial charge in [0.05, 0.1) is 15.0 Å². The Morgan fingerprint density at radius 1 is 1.40 bits per heavy atom. The molecule has 0 atom stereocenters. The van der Waals surface area contributed by atoms with Crippen LogP contribution < -0.4 is 5.32 Å². The molecular weight excluding hydrogens is 307 g/mol. The predicted octanol–water partition coefficient (Wildman–Crippen LogP) is 3.25. The summed E-state index contributed by atoms with van der Waals surface area (Å²) >= 11 is 11.6. The molecule has 0 aliphatic carbocycles. The van der Waals surface area contributed by atoms with Crippen molar-refractivity contribution in [2.24, 2.45) is 0 Å². The van der Waals surface area contributed by atoms with Crippen molar-refractivity contribution >= 4 is 34.6 Å². The van der Waals surface area contributed by atoms with Gasteiger partial charge >= 0.3 is 0 Å². The van der Waals surface area contributed by atoms with Crippen LogP contribution in [0.3, 0.4) is 0 Å². The van der Waals surface area contributed by atoms with Crippen molar-refractivity contribution in [3.8, 4) is 0 Å². The van der Waals surface area contributed by atoms with Gasteiger partial charge in [0, 0.05) is 26.0 Å². The fraction of sp³-hybridized carbons (Fsp3) is 0.273. The molecule has 20 heavy (non-hydrogen) atoms. The molecule has 0 saturated heterocycles. The molecule has 1 N–H and O–H groups in total. The van der Waals surface area contributed by atoms with E-state index in [0.29, 0.717) is 30.4 Å². The van der Waals surface area contributed by atoms with Crippen molar-refractivity contribution in [1.82, 2.24) is 10.1 Å². The highest BCUT2D eigenvalue weighted by Crippen LogP contribution is 2.33. The Kier molecular flexibility index (Phi) is 4.41. The molecule has 0 radical (unpaired) electrons. The monoisotopic (exact) mass is 316 g/mol. The summed E-state index contributed by atoms with van der Waals surface area (Å²) in [4.78, 5) is 14.5. The molecule has 1 heterocycles. The van der Waals surface area contributed by atoms with E-state index in [0.717, 1.165) is 0 Å². The van der Waals surface area contributed by atoms with Crippen LogP contribution in [0.4, 0.5) is 11.4 Å². The largest absolute Gasteiger partial charge is 0.379 e. The van der Waals surface area contributed by atoms with Gasteiger partial charge in [-0.3, -0.25) is 10.1 Å². The van der Waals surface area contributed by atoms with Gasteiger partial charge in [0.2, 0.25) is 5.89 Å². The number of benzene rings is 1. The third kappa shape index (κ3) is 3.37. The van der Waals surface area contributed by atoms with Crippen LogP contribution in [0.2, 0.25) is 10.0 Å². The summed E-state index contributed by atoms with van der Waals surface area (Å²) in [5.74, 6) is 0.998. The topological polar surface area (TPSA) is 94.1 Å². The zero-order chi connectivity index (χ0) is 14.7. The number of anilines is 1. The van der Waals surface area contributed by atoms with Crippen molar-refractivity contribution in [2.75, 3.05) is 11.9 Å². The molecule has 0 bridgehead atoms. The lowest BCUT2D eigenvalue weighted by Gasteiger charge is -2.07. The fourth-order valence-electron chi connectivity index (χ4n) is 1.58. The minimum Gasteiger partial charge on any atom is -0.379 e. The molecule has 0 fully saturated rings. The van der Waals surface area contributed by atoms with Crippen LogP contribution in [0.5, 0.6) is 0 Å². The second-order valence-electron chi connectivity index (χ2n) is 3.95. The number of hydrogen-bond donors (Lipinski definition) is 1. The normalized spacial score (nSPS) is 10.6. The van der Waals surface area contributed by atoms with Gasteiger partial charge in [0.1, 0.15) is 5.69 Å². The van der Waals surface area contributed by atoms with E-state index in [-0.39, 0.29) is 15.7 Å². The van der Waals surface area contributed by atoms with Crippen LogP contribution in [0.15, 0.2) is 16.7 Å². The Hall–Kier alpha value is -1.86. The number of halogens is 2. The summed E-state index contributed by atoms with van der Waals surface area (Å²) < 4.78 is 4.83. The van der Waals surface area contributed by atoms with Gasteiger partial charge in [-0.15, -0.1) is 0 Å². The number of hydrogen-bond acceptors (Lipinski definition) is 6. The first kappa shape index (κ1) is 14.5. The molecule has 9 heteroatoms.